The summed E-state index contributed by atoms with van der Waals surface area (Å²) in [5, 5.41) is 10.6. The summed E-state index contributed by atoms with van der Waals surface area (Å²) in [7, 11) is 0. The second-order valence-electron chi connectivity index (χ2n) is 4.01. The van der Waals surface area contributed by atoms with Gasteiger partial charge in [0.1, 0.15) is 5.82 Å². The lowest BCUT2D eigenvalue weighted by molar-refractivity contribution is -0.385. The minimum Gasteiger partial charge on any atom is -0.304 e. The number of halogens is 1. The number of hydrogen-bond acceptors (Lipinski definition) is 4. The minimum absolute atomic E-state index is 0.111. The molecule has 1 fully saturated rings. The van der Waals surface area contributed by atoms with Crippen molar-refractivity contribution in [2.24, 2.45) is 5.90 Å². The largest absolute Gasteiger partial charge is 0.304 e. The highest BCUT2D eigenvalue weighted by Gasteiger charge is 2.47. The number of non-ortho nitro benzene ring substituents is 1. The van der Waals surface area contributed by atoms with Gasteiger partial charge in [-0.1, -0.05) is 0 Å². The van der Waals surface area contributed by atoms with Gasteiger partial charge in [0, 0.05) is 23.1 Å². The van der Waals surface area contributed by atoms with Crippen molar-refractivity contribution >= 4 is 5.69 Å². The van der Waals surface area contributed by atoms with Crippen molar-refractivity contribution in [1.29, 1.82) is 0 Å². The van der Waals surface area contributed by atoms with Crippen molar-refractivity contribution in [3.8, 4) is 0 Å². The minimum atomic E-state index is -0.539. The number of hydrogen-bond donors (Lipinski definition) is 1. The van der Waals surface area contributed by atoms with E-state index in [0.29, 0.717) is 5.56 Å². The highest BCUT2D eigenvalue weighted by molar-refractivity contribution is 5.42. The zero-order valence-electron chi connectivity index (χ0n) is 8.48. The van der Waals surface area contributed by atoms with E-state index in [4.69, 9.17) is 5.90 Å². The molecule has 6 heteroatoms. The molecule has 0 bridgehead atoms. The molecule has 0 unspecified atom stereocenters. The fourth-order valence-electron chi connectivity index (χ4n) is 1.84. The van der Waals surface area contributed by atoms with Crippen molar-refractivity contribution in [1.82, 2.24) is 0 Å². The van der Waals surface area contributed by atoms with Crippen molar-refractivity contribution in [3.63, 3.8) is 0 Å². The van der Waals surface area contributed by atoms with E-state index in [1.807, 2.05) is 0 Å². The Bertz CT molecular complexity index is 432. The average Bonchev–Trinajstić information content (AvgIpc) is 2.99. The van der Waals surface area contributed by atoms with Gasteiger partial charge >= 0.3 is 0 Å². The zero-order chi connectivity index (χ0) is 11.8. The van der Waals surface area contributed by atoms with Gasteiger partial charge < -0.3 is 4.84 Å². The molecule has 16 heavy (non-hydrogen) atoms. The van der Waals surface area contributed by atoms with E-state index in [1.54, 1.807) is 0 Å². The molecule has 0 radical (unpaired) electrons. The fraction of sp³-hybridized carbons (Fsp3) is 0.400. The molecule has 1 aromatic rings. The van der Waals surface area contributed by atoms with E-state index in [0.717, 1.165) is 25.0 Å². The third-order valence-electron chi connectivity index (χ3n) is 2.95. The van der Waals surface area contributed by atoms with Crippen molar-refractivity contribution in [3.05, 3.63) is 39.7 Å². The molecule has 1 aliphatic carbocycles. The monoisotopic (exact) mass is 226 g/mol. The fourth-order valence-corrected chi connectivity index (χ4v) is 1.84. The van der Waals surface area contributed by atoms with Crippen LogP contribution in [0.25, 0.3) is 0 Å². The summed E-state index contributed by atoms with van der Waals surface area (Å²) < 4.78 is 13.6. The van der Waals surface area contributed by atoms with E-state index in [1.165, 1.54) is 6.07 Å². The first-order valence-corrected chi connectivity index (χ1v) is 4.85. The Labute approximate surface area is 91.1 Å². The van der Waals surface area contributed by atoms with Gasteiger partial charge in [0.25, 0.3) is 5.69 Å². The summed E-state index contributed by atoms with van der Waals surface area (Å²) in [5.41, 5.74) is -0.253. The standard InChI is InChI=1S/C10H11FN2O3/c11-9-2-1-7(13(14)15)5-8(9)10(3-4-10)6-16-12/h1-2,5H,3-4,6,12H2. The quantitative estimate of drug-likeness (QED) is 0.625. The molecule has 1 saturated carbocycles. The van der Waals surface area contributed by atoms with Gasteiger partial charge in [-0.25, -0.2) is 10.3 Å². The first-order valence-electron chi connectivity index (χ1n) is 4.85. The Balaban J connectivity index is 2.40. The van der Waals surface area contributed by atoms with Crippen LogP contribution < -0.4 is 5.90 Å². The van der Waals surface area contributed by atoms with Gasteiger partial charge in [0.05, 0.1) is 11.5 Å². The second-order valence-corrected chi connectivity index (χ2v) is 4.01. The SMILES string of the molecule is NOCC1(c2cc([N+](=O)[O-])ccc2F)CC1. The third-order valence-corrected chi connectivity index (χ3v) is 2.95. The Kier molecular flexibility index (Phi) is 2.61. The molecular formula is C10H11FN2O3. The molecule has 0 aromatic heterocycles. The van der Waals surface area contributed by atoms with Crippen LogP contribution in [0.4, 0.5) is 10.1 Å². The van der Waals surface area contributed by atoms with Gasteiger partial charge in [-0.05, 0) is 18.9 Å². The van der Waals surface area contributed by atoms with Crippen LogP contribution in [0, 0.1) is 15.9 Å². The molecule has 86 valence electrons. The van der Waals surface area contributed by atoms with Crippen LogP contribution in [-0.4, -0.2) is 11.5 Å². The number of nitrogens with two attached hydrogens (primary N) is 1. The predicted molar refractivity (Wildman–Crippen MR) is 54.1 cm³/mol. The van der Waals surface area contributed by atoms with Crippen molar-refractivity contribution < 1.29 is 14.2 Å². The summed E-state index contributed by atoms with van der Waals surface area (Å²) in [6.07, 6.45) is 1.48. The van der Waals surface area contributed by atoms with Gasteiger partial charge in [0.15, 0.2) is 0 Å². The Morgan fingerprint density at radius 1 is 1.56 bits per heavy atom. The molecule has 5 nitrogen and oxygen atoms in total. The maximum absolute atomic E-state index is 13.6. The van der Waals surface area contributed by atoms with Crippen LogP contribution in [-0.2, 0) is 10.3 Å². The zero-order valence-corrected chi connectivity index (χ0v) is 8.48. The van der Waals surface area contributed by atoms with E-state index < -0.39 is 16.2 Å². The average molecular weight is 226 g/mol. The van der Waals surface area contributed by atoms with Gasteiger partial charge in [0.2, 0.25) is 0 Å². The van der Waals surface area contributed by atoms with Crippen LogP contribution >= 0.6 is 0 Å². The topological polar surface area (TPSA) is 78.4 Å². The molecule has 0 saturated heterocycles. The van der Waals surface area contributed by atoms with E-state index in [2.05, 4.69) is 4.84 Å². The van der Waals surface area contributed by atoms with Crippen LogP contribution in [0.2, 0.25) is 0 Å². The molecule has 0 heterocycles. The maximum atomic E-state index is 13.6. The lowest BCUT2D eigenvalue weighted by atomic mass is 9.96. The number of benzene rings is 1. The predicted octanol–water partition coefficient (Wildman–Crippen LogP) is 1.66. The summed E-state index contributed by atoms with van der Waals surface area (Å²) in [6.45, 7) is 0.186. The van der Waals surface area contributed by atoms with E-state index in [-0.39, 0.29) is 12.3 Å². The molecule has 0 aliphatic heterocycles. The summed E-state index contributed by atoms with van der Waals surface area (Å²) in [6, 6.07) is 3.53. The molecular weight excluding hydrogens is 215 g/mol. The molecule has 0 spiro atoms. The molecule has 1 aromatic carbocycles. The van der Waals surface area contributed by atoms with Crippen molar-refractivity contribution in [2.75, 3.05) is 6.61 Å². The molecule has 2 N–H and O–H groups in total. The Hall–Kier alpha value is -1.53. The summed E-state index contributed by atoms with van der Waals surface area (Å²) in [4.78, 5) is 14.6. The number of rotatable bonds is 4. The smallest absolute Gasteiger partial charge is 0.269 e. The highest BCUT2D eigenvalue weighted by Crippen LogP contribution is 2.49. The lowest BCUT2D eigenvalue weighted by Gasteiger charge is -2.14. The van der Waals surface area contributed by atoms with Crippen LogP contribution in [0.3, 0.4) is 0 Å². The van der Waals surface area contributed by atoms with Gasteiger partial charge in [-0.15, -0.1) is 0 Å². The summed E-state index contributed by atoms with van der Waals surface area (Å²) in [5.74, 6) is 4.54. The van der Waals surface area contributed by atoms with Crippen LogP contribution in [0.15, 0.2) is 18.2 Å². The third kappa shape index (κ3) is 1.77. The van der Waals surface area contributed by atoms with Gasteiger partial charge in [-0.3, -0.25) is 10.1 Å². The maximum Gasteiger partial charge on any atom is 0.269 e. The number of nitro groups is 1. The van der Waals surface area contributed by atoms with Gasteiger partial charge in [-0.2, -0.15) is 0 Å². The lowest BCUT2D eigenvalue weighted by Crippen LogP contribution is -2.19. The number of nitrogens with zero attached hydrogens (tertiary/aromatic N) is 1. The van der Waals surface area contributed by atoms with E-state index in [9.17, 15) is 14.5 Å². The summed E-state index contributed by atoms with van der Waals surface area (Å²) >= 11 is 0. The normalized spacial score (nSPS) is 17.1. The first kappa shape index (κ1) is 11.0. The number of nitro benzene ring substituents is 1. The molecule has 0 atom stereocenters. The first-order chi connectivity index (χ1) is 7.59. The Morgan fingerprint density at radius 3 is 2.75 bits per heavy atom. The second kappa shape index (κ2) is 3.80. The van der Waals surface area contributed by atoms with Crippen molar-refractivity contribution in [2.45, 2.75) is 18.3 Å². The Morgan fingerprint density at radius 2 is 2.25 bits per heavy atom. The molecule has 2 rings (SSSR count). The van der Waals surface area contributed by atoms with Crippen LogP contribution in [0.1, 0.15) is 18.4 Å². The molecule has 0 amide bonds. The van der Waals surface area contributed by atoms with Crippen LogP contribution in [0.5, 0.6) is 0 Å². The highest BCUT2D eigenvalue weighted by atomic mass is 19.1. The molecule has 1 aliphatic rings. The van der Waals surface area contributed by atoms with E-state index >= 15 is 0 Å².